The Morgan fingerprint density at radius 2 is 1.71 bits per heavy atom. The van der Waals surface area contributed by atoms with Gasteiger partial charge in [0, 0.05) is 26.2 Å². The van der Waals surface area contributed by atoms with E-state index >= 15 is 0 Å². The third-order valence-corrected chi connectivity index (χ3v) is 2.87. The molecule has 0 aliphatic carbocycles. The lowest BCUT2D eigenvalue weighted by Crippen LogP contribution is -2.57. The van der Waals surface area contributed by atoms with Gasteiger partial charge in [0.15, 0.2) is 0 Å². The highest BCUT2D eigenvalue weighted by atomic mass is 16.5. The number of ether oxygens (including phenoxy) is 2. The molecule has 2 unspecified atom stereocenters. The minimum Gasteiger partial charge on any atom is -0.492 e. The topological polar surface area (TPSA) is 42.5 Å². The molecular weight excluding hydrogens is 216 g/mol. The number of para-hydroxylation sites is 1. The molecule has 0 amide bonds. The molecule has 1 heterocycles. The first-order valence-electron chi connectivity index (χ1n) is 6.02. The molecular formula is C13H20N2O2. The van der Waals surface area contributed by atoms with Crippen LogP contribution in [0, 0.1) is 0 Å². The van der Waals surface area contributed by atoms with Crippen molar-refractivity contribution in [2.45, 2.75) is 12.1 Å². The summed E-state index contributed by atoms with van der Waals surface area (Å²) in [6.07, 6.45) is 0. The molecule has 4 heteroatoms. The fourth-order valence-electron chi connectivity index (χ4n) is 1.91. The predicted octanol–water partition coefficient (Wildman–Crippen LogP) is 0.642. The van der Waals surface area contributed by atoms with E-state index in [4.69, 9.17) is 9.47 Å². The molecule has 1 saturated heterocycles. The van der Waals surface area contributed by atoms with Gasteiger partial charge in [-0.1, -0.05) is 18.2 Å². The standard InChI is InChI=1S/C13H20N2O2/c1-16-9-11-7-15-12(8-14-11)10-17-13-5-3-2-4-6-13/h2-6,11-12,14-15H,7-10H2,1H3. The van der Waals surface area contributed by atoms with E-state index in [0.29, 0.717) is 18.7 Å². The lowest BCUT2D eigenvalue weighted by molar-refractivity contribution is 0.142. The number of rotatable bonds is 5. The first kappa shape index (κ1) is 12.4. The highest BCUT2D eigenvalue weighted by Crippen LogP contribution is 2.08. The van der Waals surface area contributed by atoms with Crippen LogP contribution in [0.4, 0.5) is 0 Å². The van der Waals surface area contributed by atoms with Crippen LogP contribution in [-0.2, 0) is 4.74 Å². The third kappa shape index (κ3) is 4.00. The fraction of sp³-hybridized carbons (Fsp3) is 0.538. The van der Waals surface area contributed by atoms with Crippen molar-refractivity contribution in [2.75, 3.05) is 33.4 Å². The molecule has 2 rings (SSSR count). The van der Waals surface area contributed by atoms with Gasteiger partial charge in [-0.25, -0.2) is 0 Å². The van der Waals surface area contributed by atoms with Crippen molar-refractivity contribution in [3.8, 4) is 5.75 Å². The summed E-state index contributed by atoms with van der Waals surface area (Å²) >= 11 is 0. The number of methoxy groups -OCH3 is 1. The Hall–Kier alpha value is -1.10. The average Bonchev–Trinajstić information content (AvgIpc) is 2.40. The molecule has 0 bridgehead atoms. The van der Waals surface area contributed by atoms with Gasteiger partial charge in [0.05, 0.1) is 12.6 Å². The van der Waals surface area contributed by atoms with E-state index in [1.807, 2.05) is 30.3 Å². The zero-order valence-corrected chi connectivity index (χ0v) is 10.2. The number of hydrogen-bond donors (Lipinski definition) is 2. The van der Waals surface area contributed by atoms with Crippen LogP contribution in [0.5, 0.6) is 5.75 Å². The average molecular weight is 236 g/mol. The molecule has 0 radical (unpaired) electrons. The van der Waals surface area contributed by atoms with E-state index in [1.54, 1.807) is 7.11 Å². The van der Waals surface area contributed by atoms with Crippen LogP contribution in [0.15, 0.2) is 30.3 Å². The van der Waals surface area contributed by atoms with Crippen LogP contribution in [0.1, 0.15) is 0 Å². The van der Waals surface area contributed by atoms with Gasteiger partial charge in [0.1, 0.15) is 12.4 Å². The third-order valence-electron chi connectivity index (χ3n) is 2.87. The number of benzene rings is 1. The van der Waals surface area contributed by atoms with Gasteiger partial charge in [-0.05, 0) is 12.1 Å². The van der Waals surface area contributed by atoms with Gasteiger partial charge in [0.25, 0.3) is 0 Å². The largest absolute Gasteiger partial charge is 0.492 e. The first-order chi connectivity index (χ1) is 8.38. The van der Waals surface area contributed by atoms with Gasteiger partial charge in [-0.3, -0.25) is 0 Å². The maximum Gasteiger partial charge on any atom is 0.119 e. The van der Waals surface area contributed by atoms with E-state index in [-0.39, 0.29) is 0 Å². The molecule has 0 saturated carbocycles. The first-order valence-corrected chi connectivity index (χ1v) is 6.02. The van der Waals surface area contributed by atoms with Crippen molar-refractivity contribution >= 4 is 0 Å². The van der Waals surface area contributed by atoms with Crippen molar-refractivity contribution in [3.63, 3.8) is 0 Å². The molecule has 17 heavy (non-hydrogen) atoms. The molecule has 1 aromatic rings. The van der Waals surface area contributed by atoms with Crippen molar-refractivity contribution in [1.82, 2.24) is 10.6 Å². The second-order valence-electron chi connectivity index (χ2n) is 4.29. The van der Waals surface area contributed by atoms with Crippen molar-refractivity contribution in [3.05, 3.63) is 30.3 Å². The quantitative estimate of drug-likeness (QED) is 0.787. The summed E-state index contributed by atoms with van der Waals surface area (Å²) in [5.41, 5.74) is 0. The fourth-order valence-corrected chi connectivity index (χ4v) is 1.91. The molecule has 1 aliphatic heterocycles. The normalized spacial score (nSPS) is 24.5. The summed E-state index contributed by atoms with van der Waals surface area (Å²) in [5.74, 6) is 0.924. The van der Waals surface area contributed by atoms with E-state index in [2.05, 4.69) is 10.6 Å². The summed E-state index contributed by atoms with van der Waals surface area (Å²) in [6.45, 7) is 3.29. The number of piperazine rings is 1. The summed E-state index contributed by atoms with van der Waals surface area (Å²) < 4.78 is 10.8. The van der Waals surface area contributed by atoms with E-state index in [9.17, 15) is 0 Å². The second kappa shape index (κ2) is 6.59. The lowest BCUT2D eigenvalue weighted by atomic mass is 10.2. The Labute approximate surface area is 102 Å². The Balaban J connectivity index is 1.68. The molecule has 94 valence electrons. The Morgan fingerprint density at radius 3 is 2.29 bits per heavy atom. The van der Waals surface area contributed by atoms with Gasteiger partial charge in [-0.2, -0.15) is 0 Å². The maximum atomic E-state index is 5.71. The molecule has 1 aliphatic rings. The van der Waals surface area contributed by atoms with E-state index < -0.39 is 0 Å². The zero-order valence-electron chi connectivity index (χ0n) is 10.2. The summed E-state index contributed by atoms with van der Waals surface area (Å²) in [7, 11) is 1.73. The predicted molar refractivity (Wildman–Crippen MR) is 67.4 cm³/mol. The molecule has 1 aromatic carbocycles. The van der Waals surface area contributed by atoms with Gasteiger partial charge >= 0.3 is 0 Å². The Morgan fingerprint density at radius 1 is 1.06 bits per heavy atom. The number of nitrogens with one attached hydrogen (secondary N) is 2. The van der Waals surface area contributed by atoms with Crippen LogP contribution in [0.25, 0.3) is 0 Å². The smallest absolute Gasteiger partial charge is 0.119 e. The van der Waals surface area contributed by atoms with Crippen LogP contribution in [0.3, 0.4) is 0 Å². The minimum atomic E-state index is 0.364. The van der Waals surface area contributed by atoms with Crippen LogP contribution in [-0.4, -0.2) is 45.5 Å². The Kier molecular flexibility index (Phi) is 4.79. The van der Waals surface area contributed by atoms with Gasteiger partial charge < -0.3 is 20.1 Å². The molecule has 0 aromatic heterocycles. The van der Waals surface area contributed by atoms with Crippen molar-refractivity contribution in [2.24, 2.45) is 0 Å². The van der Waals surface area contributed by atoms with Crippen molar-refractivity contribution in [1.29, 1.82) is 0 Å². The maximum absolute atomic E-state index is 5.71. The molecule has 4 nitrogen and oxygen atoms in total. The zero-order chi connectivity index (χ0) is 11.9. The second-order valence-corrected chi connectivity index (χ2v) is 4.29. The monoisotopic (exact) mass is 236 g/mol. The summed E-state index contributed by atoms with van der Waals surface area (Å²) in [5, 5.41) is 6.90. The highest BCUT2D eigenvalue weighted by molar-refractivity contribution is 5.20. The van der Waals surface area contributed by atoms with Crippen LogP contribution >= 0.6 is 0 Å². The van der Waals surface area contributed by atoms with Crippen LogP contribution in [0.2, 0.25) is 0 Å². The summed E-state index contributed by atoms with van der Waals surface area (Å²) in [4.78, 5) is 0. The molecule has 1 fully saturated rings. The minimum absolute atomic E-state index is 0.364. The highest BCUT2D eigenvalue weighted by Gasteiger charge is 2.19. The van der Waals surface area contributed by atoms with E-state index in [0.717, 1.165) is 25.4 Å². The van der Waals surface area contributed by atoms with E-state index in [1.165, 1.54) is 0 Å². The molecule has 0 spiro atoms. The molecule has 2 atom stereocenters. The lowest BCUT2D eigenvalue weighted by Gasteiger charge is -2.30. The van der Waals surface area contributed by atoms with Gasteiger partial charge in [0.2, 0.25) is 0 Å². The number of hydrogen-bond acceptors (Lipinski definition) is 4. The van der Waals surface area contributed by atoms with Crippen molar-refractivity contribution < 1.29 is 9.47 Å². The molecule has 2 N–H and O–H groups in total. The van der Waals surface area contributed by atoms with Crippen LogP contribution < -0.4 is 15.4 Å². The van der Waals surface area contributed by atoms with Gasteiger partial charge in [-0.15, -0.1) is 0 Å². The Bertz CT molecular complexity index is 310. The SMILES string of the molecule is COCC1CNC(COc2ccccc2)CN1. The summed E-state index contributed by atoms with van der Waals surface area (Å²) in [6, 6.07) is 10.7.